The van der Waals surface area contributed by atoms with Crippen LogP contribution in [0.2, 0.25) is 0 Å². The number of rotatable bonds is 4. The molecule has 1 aromatic rings. The van der Waals surface area contributed by atoms with Gasteiger partial charge in [0, 0.05) is 12.8 Å². The fourth-order valence-electron chi connectivity index (χ4n) is 1.07. The van der Waals surface area contributed by atoms with Crippen LogP contribution in [0.5, 0.6) is 0 Å². The van der Waals surface area contributed by atoms with E-state index >= 15 is 0 Å². The summed E-state index contributed by atoms with van der Waals surface area (Å²) in [7, 11) is 0. The number of Topliss-reactive ketones (excluding diaryl/α,β-unsaturated/α-hetero) is 1. The second-order valence-electron chi connectivity index (χ2n) is 3.27. The molecule has 4 heteroatoms. The van der Waals surface area contributed by atoms with Crippen molar-refractivity contribution < 1.29 is 4.79 Å². The number of ketones is 1. The summed E-state index contributed by atoms with van der Waals surface area (Å²) in [6, 6.07) is 0. The van der Waals surface area contributed by atoms with Crippen LogP contribution in [0.1, 0.15) is 48.0 Å². The number of aromatic nitrogens is 2. The van der Waals surface area contributed by atoms with Crippen molar-refractivity contribution >= 4 is 17.3 Å². The molecule has 0 aliphatic rings. The monoisotopic (exact) mass is 208 g/mol. The second kappa shape index (κ2) is 4.87. The van der Waals surface area contributed by atoms with Crippen LogP contribution in [-0.4, -0.2) is 15.4 Å². The van der Waals surface area contributed by atoms with Gasteiger partial charge in [-0.15, -0.1) is 17.4 Å². The maximum Gasteiger partial charge on any atom is 0.177 e. The van der Waals surface area contributed by atoms with Crippen molar-refractivity contribution in [1.29, 1.82) is 0 Å². The highest BCUT2D eigenvalue weighted by atomic mass is 32.1. The Balaban J connectivity index is 2.80. The van der Waals surface area contributed by atoms with Crippen LogP contribution in [0, 0.1) is 12.3 Å². The molecule has 0 saturated heterocycles. The topological polar surface area (TPSA) is 42.9 Å². The molecule has 0 radical (unpaired) electrons. The normalized spacial score (nSPS) is 10.1. The summed E-state index contributed by atoms with van der Waals surface area (Å²) in [5.41, 5.74) is 0.789. The Morgan fingerprint density at radius 3 is 2.93 bits per heavy atom. The number of hydrogen-bond donors (Lipinski definition) is 0. The summed E-state index contributed by atoms with van der Waals surface area (Å²) in [5.74, 6) is 2.74. The summed E-state index contributed by atoms with van der Waals surface area (Å²) >= 11 is 1.16. The molecule has 0 aliphatic carbocycles. The van der Waals surface area contributed by atoms with Gasteiger partial charge in [-0.3, -0.25) is 4.79 Å². The molecule has 0 N–H and O–H groups in total. The average Bonchev–Trinajstić information content (AvgIpc) is 2.62. The van der Waals surface area contributed by atoms with Crippen LogP contribution in [0.4, 0.5) is 0 Å². The molecule has 0 spiro atoms. The minimum Gasteiger partial charge on any atom is -0.293 e. The van der Waals surface area contributed by atoms with Crippen molar-refractivity contribution in [2.24, 2.45) is 0 Å². The van der Waals surface area contributed by atoms with Gasteiger partial charge in [-0.1, -0.05) is 18.3 Å². The minimum atomic E-state index is 0.0571. The standard InChI is InChI=1S/C10H12N2OS/c1-4-5-6-8(13)10-9(7(2)3)11-12-14-10/h1,7H,5-6H2,2-3H3. The first kappa shape index (κ1) is 10.9. The minimum absolute atomic E-state index is 0.0571. The number of terminal acetylenes is 1. The van der Waals surface area contributed by atoms with Gasteiger partial charge >= 0.3 is 0 Å². The van der Waals surface area contributed by atoms with Crippen molar-refractivity contribution in [3.8, 4) is 12.3 Å². The molecule has 1 aromatic heterocycles. The molecule has 0 amide bonds. The first-order valence-electron chi connectivity index (χ1n) is 4.45. The van der Waals surface area contributed by atoms with Gasteiger partial charge in [0.2, 0.25) is 0 Å². The number of hydrogen-bond acceptors (Lipinski definition) is 4. The van der Waals surface area contributed by atoms with Crippen molar-refractivity contribution in [2.75, 3.05) is 0 Å². The summed E-state index contributed by atoms with van der Waals surface area (Å²) < 4.78 is 3.79. The molecule has 0 atom stereocenters. The van der Waals surface area contributed by atoms with Gasteiger partial charge in [-0.2, -0.15) is 0 Å². The largest absolute Gasteiger partial charge is 0.293 e. The quantitative estimate of drug-likeness (QED) is 0.563. The fourth-order valence-corrected chi connectivity index (χ4v) is 1.85. The molecule has 1 heterocycles. The smallest absolute Gasteiger partial charge is 0.177 e. The Labute approximate surface area is 87.7 Å². The molecule has 1 rings (SSSR count). The van der Waals surface area contributed by atoms with Gasteiger partial charge in [0.1, 0.15) is 4.88 Å². The van der Waals surface area contributed by atoms with Gasteiger partial charge in [-0.05, 0) is 17.5 Å². The van der Waals surface area contributed by atoms with Crippen molar-refractivity contribution in [1.82, 2.24) is 9.59 Å². The summed E-state index contributed by atoms with van der Waals surface area (Å²) in [4.78, 5) is 12.3. The Bertz CT molecular complexity index is 362. The molecule has 0 unspecified atom stereocenters. The molecular weight excluding hydrogens is 196 g/mol. The predicted octanol–water partition coefficient (Wildman–Crippen LogP) is 2.26. The summed E-state index contributed by atoms with van der Waals surface area (Å²) in [6.45, 7) is 3.99. The van der Waals surface area contributed by atoms with Crippen molar-refractivity contribution in [2.45, 2.75) is 32.6 Å². The van der Waals surface area contributed by atoms with Gasteiger partial charge in [0.15, 0.2) is 5.78 Å². The van der Waals surface area contributed by atoms with E-state index in [0.29, 0.717) is 17.7 Å². The van der Waals surface area contributed by atoms with Gasteiger partial charge in [-0.25, -0.2) is 0 Å². The van der Waals surface area contributed by atoms with E-state index in [4.69, 9.17) is 6.42 Å². The Morgan fingerprint density at radius 2 is 2.36 bits per heavy atom. The lowest BCUT2D eigenvalue weighted by Crippen LogP contribution is -2.01. The van der Waals surface area contributed by atoms with E-state index in [1.54, 1.807) is 0 Å². The zero-order valence-electron chi connectivity index (χ0n) is 8.28. The average molecular weight is 208 g/mol. The first-order valence-corrected chi connectivity index (χ1v) is 5.23. The van der Waals surface area contributed by atoms with Crippen molar-refractivity contribution in [3.63, 3.8) is 0 Å². The second-order valence-corrected chi connectivity index (χ2v) is 4.02. The maximum atomic E-state index is 11.6. The molecule has 0 bridgehead atoms. The molecular formula is C10H12N2OS. The lowest BCUT2D eigenvalue weighted by atomic mass is 10.1. The van der Waals surface area contributed by atoms with Crippen LogP contribution in [-0.2, 0) is 0 Å². The first-order chi connectivity index (χ1) is 6.66. The molecule has 0 aliphatic heterocycles. The molecule has 3 nitrogen and oxygen atoms in total. The fraction of sp³-hybridized carbons (Fsp3) is 0.500. The zero-order valence-corrected chi connectivity index (χ0v) is 9.10. The SMILES string of the molecule is C#CCCC(=O)c1snnc1C(C)C. The van der Waals surface area contributed by atoms with E-state index in [0.717, 1.165) is 17.2 Å². The summed E-state index contributed by atoms with van der Waals surface area (Å²) in [6.07, 6.45) is 5.97. The van der Waals surface area contributed by atoms with Crippen LogP contribution >= 0.6 is 11.5 Å². The van der Waals surface area contributed by atoms with Crippen LogP contribution in [0.25, 0.3) is 0 Å². The van der Waals surface area contributed by atoms with E-state index in [9.17, 15) is 4.79 Å². The molecule has 0 aromatic carbocycles. The van der Waals surface area contributed by atoms with E-state index in [1.807, 2.05) is 13.8 Å². The molecule has 0 saturated carbocycles. The van der Waals surface area contributed by atoms with E-state index in [1.165, 1.54) is 0 Å². The number of nitrogens with zero attached hydrogens (tertiary/aromatic N) is 2. The predicted molar refractivity (Wildman–Crippen MR) is 56.4 cm³/mol. The number of carbonyl (C=O) groups is 1. The Morgan fingerprint density at radius 1 is 1.64 bits per heavy atom. The Hall–Kier alpha value is -1.21. The molecule has 14 heavy (non-hydrogen) atoms. The van der Waals surface area contributed by atoms with E-state index < -0.39 is 0 Å². The van der Waals surface area contributed by atoms with E-state index in [2.05, 4.69) is 15.5 Å². The lowest BCUT2D eigenvalue weighted by Gasteiger charge is -2.01. The highest BCUT2D eigenvalue weighted by molar-refractivity contribution is 7.08. The summed E-state index contributed by atoms with van der Waals surface area (Å²) in [5, 5.41) is 3.94. The zero-order chi connectivity index (χ0) is 10.6. The van der Waals surface area contributed by atoms with Crippen LogP contribution < -0.4 is 0 Å². The third kappa shape index (κ3) is 2.39. The van der Waals surface area contributed by atoms with Crippen LogP contribution in [0.3, 0.4) is 0 Å². The van der Waals surface area contributed by atoms with Gasteiger partial charge in [0.25, 0.3) is 0 Å². The highest BCUT2D eigenvalue weighted by Gasteiger charge is 2.17. The van der Waals surface area contributed by atoms with Gasteiger partial charge in [0.05, 0.1) is 5.69 Å². The molecule has 74 valence electrons. The van der Waals surface area contributed by atoms with Crippen LogP contribution in [0.15, 0.2) is 0 Å². The van der Waals surface area contributed by atoms with Gasteiger partial charge < -0.3 is 0 Å². The lowest BCUT2D eigenvalue weighted by molar-refractivity contribution is 0.0987. The molecule has 0 fully saturated rings. The highest BCUT2D eigenvalue weighted by Crippen LogP contribution is 2.21. The third-order valence-corrected chi connectivity index (χ3v) is 2.59. The number of carbonyl (C=O) groups excluding carboxylic acids is 1. The third-order valence-electron chi connectivity index (χ3n) is 1.81. The van der Waals surface area contributed by atoms with E-state index in [-0.39, 0.29) is 11.7 Å². The maximum absolute atomic E-state index is 11.6. The van der Waals surface area contributed by atoms with Crippen molar-refractivity contribution in [3.05, 3.63) is 10.6 Å². The Kier molecular flexibility index (Phi) is 3.78.